The maximum absolute atomic E-state index is 14.0. The Labute approximate surface area is 117 Å². The van der Waals surface area contributed by atoms with Gasteiger partial charge in [-0.25, -0.2) is 4.39 Å². The van der Waals surface area contributed by atoms with E-state index >= 15 is 0 Å². The van der Waals surface area contributed by atoms with Crippen LogP contribution in [0.15, 0.2) is 24.5 Å². The van der Waals surface area contributed by atoms with E-state index in [0.717, 1.165) is 37.2 Å². The summed E-state index contributed by atoms with van der Waals surface area (Å²) < 4.78 is 21.3. The molecule has 1 saturated heterocycles. The third-order valence-electron chi connectivity index (χ3n) is 3.83. The smallest absolute Gasteiger partial charge is 0.133 e. The quantitative estimate of drug-likeness (QED) is 0.857. The van der Waals surface area contributed by atoms with Crippen molar-refractivity contribution in [3.05, 3.63) is 35.9 Å². The summed E-state index contributed by atoms with van der Waals surface area (Å²) in [6.07, 6.45) is 5.52. The molecule has 1 aliphatic rings. The van der Waals surface area contributed by atoms with E-state index in [1.807, 2.05) is 17.8 Å². The molecule has 3 rings (SSSR count). The first-order valence-electron chi connectivity index (χ1n) is 6.83. The van der Waals surface area contributed by atoms with Gasteiger partial charge in [0.1, 0.15) is 5.82 Å². The van der Waals surface area contributed by atoms with Crippen LogP contribution in [0.25, 0.3) is 11.1 Å². The summed E-state index contributed by atoms with van der Waals surface area (Å²) in [6.45, 7) is 3.39. The number of nitrogen functional groups attached to an aromatic ring is 1. The lowest BCUT2D eigenvalue weighted by Crippen LogP contribution is -2.19. The predicted octanol–water partition coefficient (Wildman–Crippen LogP) is 2.93. The van der Waals surface area contributed by atoms with Crippen LogP contribution in [0.4, 0.5) is 10.1 Å². The van der Waals surface area contributed by atoms with Gasteiger partial charge >= 0.3 is 0 Å². The average molecular weight is 275 g/mol. The van der Waals surface area contributed by atoms with Crippen molar-refractivity contribution in [2.75, 3.05) is 18.9 Å². The molecular formula is C15H18FN3O. The van der Waals surface area contributed by atoms with Crippen LogP contribution in [0.1, 0.15) is 24.4 Å². The van der Waals surface area contributed by atoms with E-state index in [1.54, 1.807) is 12.3 Å². The molecule has 0 atom stereocenters. The summed E-state index contributed by atoms with van der Waals surface area (Å²) in [5.41, 5.74) is 8.41. The second-order valence-electron chi connectivity index (χ2n) is 5.24. The highest BCUT2D eigenvalue weighted by atomic mass is 19.1. The predicted molar refractivity (Wildman–Crippen MR) is 75.9 cm³/mol. The second-order valence-corrected chi connectivity index (χ2v) is 5.24. The van der Waals surface area contributed by atoms with Crippen LogP contribution in [-0.4, -0.2) is 23.0 Å². The largest absolute Gasteiger partial charge is 0.398 e. The fourth-order valence-corrected chi connectivity index (χ4v) is 2.54. The van der Waals surface area contributed by atoms with E-state index in [-0.39, 0.29) is 5.82 Å². The number of nitrogens with zero attached hydrogens (tertiary/aromatic N) is 2. The van der Waals surface area contributed by atoms with Gasteiger partial charge in [-0.15, -0.1) is 0 Å². The van der Waals surface area contributed by atoms with Crippen molar-refractivity contribution in [3.63, 3.8) is 0 Å². The number of nitrogens with two attached hydrogens (primary N) is 1. The summed E-state index contributed by atoms with van der Waals surface area (Å²) >= 11 is 0. The molecule has 0 saturated carbocycles. The Morgan fingerprint density at radius 3 is 2.85 bits per heavy atom. The molecule has 1 aliphatic heterocycles. The van der Waals surface area contributed by atoms with Gasteiger partial charge in [-0.3, -0.25) is 4.68 Å². The number of ether oxygens (including phenoxy) is 1. The van der Waals surface area contributed by atoms with Crippen molar-refractivity contribution in [1.82, 2.24) is 9.78 Å². The average Bonchev–Trinajstić information content (AvgIpc) is 2.93. The second kappa shape index (κ2) is 5.25. The third-order valence-corrected chi connectivity index (χ3v) is 3.83. The van der Waals surface area contributed by atoms with Gasteiger partial charge in [-0.05, 0) is 37.5 Å². The van der Waals surface area contributed by atoms with Crippen LogP contribution in [0.2, 0.25) is 0 Å². The molecule has 106 valence electrons. The minimum absolute atomic E-state index is 0.306. The molecule has 0 spiro atoms. The van der Waals surface area contributed by atoms with Crippen molar-refractivity contribution in [2.24, 2.45) is 0 Å². The lowest BCUT2D eigenvalue weighted by Gasteiger charge is -2.22. The molecule has 1 aromatic carbocycles. The normalized spacial score (nSPS) is 16.5. The van der Waals surface area contributed by atoms with Crippen LogP contribution in [0, 0.1) is 12.7 Å². The summed E-state index contributed by atoms with van der Waals surface area (Å²) in [4.78, 5) is 0. The zero-order valence-electron chi connectivity index (χ0n) is 11.5. The van der Waals surface area contributed by atoms with Gasteiger partial charge in [0.2, 0.25) is 0 Å². The summed E-state index contributed by atoms with van der Waals surface area (Å²) in [6, 6.07) is 3.49. The number of rotatable bonds is 2. The number of aromatic nitrogens is 2. The molecule has 4 nitrogen and oxygen atoms in total. The van der Waals surface area contributed by atoms with Crippen molar-refractivity contribution < 1.29 is 9.13 Å². The molecule has 2 heterocycles. The van der Waals surface area contributed by atoms with E-state index in [0.29, 0.717) is 17.3 Å². The molecule has 1 aromatic heterocycles. The Balaban J connectivity index is 1.91. The molecule has 2 aromatic rings. The summed E-state index contributed by atoms with van der Waals surface area (Å²) in [7, 11) is 0. The van der Waals surface area contributed by atoms with Gasteiger partial charge in [-0.2, -0.15) is 5.10 Å². The molecule has 0 radical (unpaired) electrons. The number of anilines is 1. The zero-order chi connectivity index (χ0) is 14.1. The van der Waals surface area contributed by atoms with Crippen LogP contribution >= 0.6 is 0 Å². The summed E-state index contributed by atoms with van der Waals surface area (Å²) in [5.74, 6) is -0.306. The van der Waals surface area contributed by atoms with E-state index in [9.17, 15) is 4.39 Å². The Kier molecular flexibility index (Phi) is 3.44. The van der Waals surface area contributed by atoms with E-state index in [4.69, 9.17) is 10.5 Å². The minimum atomic E-state index is -0.306. The first-order chi connectivity index (χ1) is 9.65. The monoisotopic (exact) mass is 275 g/mol. The maximum atomic E-state index is 14.0. The fraction of sp³-hybridized carbons (Fsp3) is 0.400. The number of halogens is 1. The lowest BCUT2D eigenvalue weighted by atomic mass is 10.0. The molecule has 5 heteroatoms. The van der Waals surface area contributed by atoms with E-state index in [1.165, 1.54) is 6.07 Å². The maximum Gasteiger partial charge on any atom is 0.133 e. The fourth-order valence-electron chi connectivity index (χ4n) is 2.54. The Bertz CT molecular complexity index is 618. The first-order valence-corrected chi connectivity index (χ1v) is 6.83. The van der Waals surface area contributed by atoms with Crippen molar-refractivity contribution in [2.45, 2.75) is 25.8 Å². The lowest BCUT2D eigenvalue weighted by molar-refractivity contribution is 0.0662. The third kappa shape index (κ3) is 2.41. The highest BCUT2D eigenvalue weighted by Gasteiger charge is 2.17. The van der Waals surface area contributed by atoms with Gasteiger partial charge in [0.05, 0.1) is 12.2 Å². The molecule has 0 unspecified atom stereocenters. The molecule has 20 heavy (non-hydrogen) atoms. The highest BCUT2D eigenvalue weighted by Crippen LogP contribution is 2.28. The van der Waals surface area contributed by atoms with Crippen LogP contribution < -0.4 is 5.73 Å². The Morgan fingerprint density at radius 1 is 1.35 bits per heavy atom. The molecule has 2 N–H and O–H groups in total. The molecular weight excluding hydrogens is 257 g/mol. The number of aryl methyl sites for hydroxylation is 1. The van der Waals surface area contributed by atoms with Crippen LogP contribution in [-0.2, 0) is 4.74 Å². The molecule has 0 amide bonds. The SMILES string of the molecule is Cc1cc(-c2cnn(C3CCOCC3)c2)c(F)cc1N. The molecule has 0 aliphatic carbocycles. The van der Waals surface area contributed by atoms with Gasteiger partial charge in [0.15, 0.2) is 0 Å². The number of benzene rings is 1. The first kappa shape index (κ1) is 13.1. The van der Waals surface area contributed by atoms with Crippen LogP contribution in [0.5, 0.6) is 0 Å². The highest BCUT2D eigenvalue weighted by molar-refractivity contribution is 5.67. The van der Waals surface area contributed by atoms with Gasteiger partial charge < -0.3 is 10.5 Å². The number of hydrogen-bond acceptors (Lipinski definition) is 3. The minimum Gasteiger partial charge on any atom is -0.398 e. The van der Waals surface area contributed by atoms with Crippen molar-refractivity contribution >= 4 is 5.69 Å². The summed E-state index contributed by atoms with van der Waals surface area (Å²) in [5, 5.41) is 4.37. The van der Waals surface area contributed by atoms with Crippen molar-refractivity contribution in [3.8, 4) is 11.1 Å². The Hall–Kier alpha value is -1.88. The standard InChI is InChI=1S/C15H18FN3O/c1-10-6-13(14(16)7-15(10)17)11-8-18-19(9-11)12-2-4-20-5-3-12/h6-9,12H,2-5,17H2,1H3. The molecule has 1 fully saturated rings. The van der Waals surface area contributed by atoms with Crippen LogP contribution in [0.3, 0.4) is 0 Å². The Morgan fingerprint density at radius 2 is 2.10 bits per heavy atom. The molecule has 0 bridgehead atoms. The van der Waals surface area contributed by atoms with Gasteiger partial charge in [0.25, 0.3) is 0 Å². The van der Waals surface area contributed by atoms with Crippen molar-refractivity contribution in [1.29, 1.82) is 0 Å². The van der Waals surface area contributed by atoms with E-state index < -0.39 is 0 Å². The number of hydrogen-bond donors (Lipinski definition) is 1. The topological polar surface area (TPSA) is 53.1 Å². The zero-order valence-corrected chi connectivity index (χ0v) is 11.5. The van der Waals surface area contributed by atoms with Gasteiger partial charge in [-0.1, -0.05) is 0 Å². The van der Waals surface area contributed by atoms with Gasteiger partial charge in [0, 0.05) is 36.2 Å². The van der Waals surface area contributed by atoms with E-state index in [2.05, 4.69) is 5.10 Å².